The van der Waals surface area contributed by atoms with Gasteiger partial charge in [0, 0.05) is 11.6 Å². The molecular formula is C15H23NO3. The van der Waals surface area contributed by atoms with Crippen LogP contribution in [0.15, 0.2) is 11.1 Å². The third kappa shape index (κ3) is 2.22. The highest BCUT2D eigenvalue weighted by molar-refractivity contribution is 6.10. The summed E-state index contributed by atoms with van der Waals surface area (Å²) in [6.45, 7) is 4.87. The van der Waals surface area contributed by atoms with Gasteiger partial charge in [0.25, 0.3) is 5.91 Å². The summed E-state index contributed by atoms with van der Waals surface area (Å²) in [6.07, 6.45) is 5.69. The van der Waals surface area contributed by atoms with Gasteiger partial charge < -0.3 is 10.0 Å². The lowest BCUT2D eigenvalue weighted by Crippen LogP contribution is -2.53. The highest BCUT2D eigenvalue weighted by Gasteiger charge is 2.50. The molecule has 1 heterocycles. The predicted molar refractivity (Wildman–Crippen MR) is 72.3 cm³/mol. The molecule has 1 aliphatic heterocycles. The van der Waals surface area contributed by atoms with Gasteiger partial charge in [0.05, 0.1) is 5.57 Å². The molecule has 1 unspecified atom stereocenters. The fourth-order valence-corrected chi connectivity index (χ4v) is 3.59. The van der Waals surface area contributed by atoms with Crippen molar-refractivity contribution in [3.05, 3.63) is 11.1 Å². The largest absolute Gasteiger partial charge is 0.367 e. The summed E-state index contributed by atoms with van der Waals surface area (Å²) in [7, 11) is 0. The van der Waals surface area contributed by atoms with Crippen LogP contribution in [0, 0.1) is 0 Å². The van der Waals surface area contributed by atoms with Crippen molar-refractivity contribution in [1.82, 2.24) is 4.90 Å². The Morgan fingerprint density at radius 3 is 2.37 bits per heavy atom. The number of hydrogen-bond donors (Lipinski definition) is 1. The van der Waals surface area contributed by atoms with Crippen molar-refractivity contribution in [1.29, 1.82) is 0 Å². The molecule has 1 amide bonds. The molecule has 0 aromatic rings. The molecular weight excluding hydrogens is 242 g/mol. The molecule has 2 rings (SSSR count). The van der Waals surface area contributed by atoms with E-state index < -0.39 is 5.72 Å². The lowest BCUT2D eigenvalue weighted by molar-refractivity contribution is -0.148. The van der Waals surface area contributed by atoms with Crippen molar-refractivity contribution in [2.75, 3.05) is 0 Å². The molecule has 0 spiro atoms. The van der Waals surface area contributed by atoms with Crippen molar-refractivity contribution in [3.63, 3.8) is 0 Å². The van der Waals surface area contributed by atoms with Gasteiger partial charge in [0.2, 0.25) is 0 Å². The zero-order chi connectivity index (χ0) is 14.2. The standard InChI is InChI=1S/C15H23NO3/c1-4-12-13(10(2)17)15(3,19)16(14(12)18)11-8-6-5-7-9-11/h11,19H,4-9H2,1-3H3. The number of ketones is 1. The molecule has 0 bridgehead atoms. The maximum Gasteiger partial charge on any atom is 0.253 e. The first-order valence-corrected chi connectivity index (χ1v) is 7.21. The number of carbonyl (C=O) groups is 2. The van der Waals surface area contributed by atoms with Crippen molar-refractivity contribution in [2.45, 2.75) is 71.1 Å². The van der Waals surface area contributed by atoms with Crippen LogP contribution in [-0.4, -0.2) is 33.5 Å². The quantitative estimate of drug-likeness (QED) is 0.850. The number of amides is 1. The number of aliphatic hydroxyl groups is 1. The van der Waals surface area contributed by atoms with E-state index in [0.717, 1.165) is 25.7 Å². The first kappa shape index (κ1) is 14.3. The van der Waals surface area contributed by atoms with Crippen LogP contribution < -0.4 is 0 Å². The lowest BCUT2D eigenvalue weighted by Gasteiger charge is -2.40. The summed E-state index contributed by atoms with van der Waals surface area (Å²) >= 11 is 0. The zero-order valence-electron chi connectivity index (χ0n) is 12.0. The van der Waals surface area contributed by atoms with Crippen molar-refractivity contribution < 1.29 is 14.7 Å². The van der Waals surface area contributed by atoms with E-state index in [1.807, 2.05) is 6.92 Å². The van der Waals surface area contributed by atoms with Gasteiger partial charge >= 0.3 is 0 Å². The van der Waals surface area contributed by atoms with E-state index >= 15 is 0 Å². The third-order valence-electron chi connectivity index (χ3n) is 4.37. The summed E-state index contributed by atoms with van der Waals surface area (Å²) in [5, 5.41) is 10.7. The molecule has 1 fully saturated rings. The molecule has 0 aromatic heterocycles. The van der Waals surface area contributed by atoms with E-state index in [9.17, 15) is 14.7 Å². The van der Waals surface area contributed by atoms with Crippen LogP contribution in [0.2, 0.25) is 0 Å². The average Bonchev–Trinajstić information content (AvgIpc) is 2.56. The van der Waals surface area contributed by atoms with Gasteiger partial charge in [-0.2, -0.15) is 0 Å². The predicted octanol–water partition coefficient (Wildman–Crippen LogP) is 2.17. The number of hydrogen-bond acceptors (Lipinski definition) is 3. The molecule has 19 heavy (non-hydrogen) atoms. The van der Waals surface area contributed by atoms with E-state index in [4.69, 9.17) is 0 Å². The van der Waals surface area contributed by atoms with E-state index in [0.29, 0.717) is 17.6 Å². The van der Waals surface area contributed by atoms with Gasteiger partial charge in [0.15, 0.2) is 11.5 Å². The maximum absolute atomic E-state index is 12.5. The number of rotatable bonds is 3. The summed E-state index contributed by atoms with van der Waals surface area (Å²) in [5.41, 5.74) is -0.648. The Morgan fingerprint density at radius 2 is 1.95 bits per heavy atom. The molecule has 2 aliphatic rings. The van der Waals surface area contributed by atoms with E-state index in [1.54, 1.807) is 11.8 Å². The Balaban J connectivity index is 2.38. The minimum absolute atomic E-state index is 0.0645. The number of Topliss-reactive ketones (excluding diaryl/α,β-unsaturated/α-hetero) is 1. The van der Waals surface area contributed by atoms with Gasteiger partial charge in [-0.15, -0.1) is 0 Å². The van der Waals surface area contributed by atoms with Crippen LogP contribution in [0.4, 0.5) is 0 Å². The Hall–Kier alpha value is -1.16. The molecule has 1 aliphatic carbocycles. The summed E-state index contributed by atoms with van der Waals surface area (Å²) < 4.78 is 0. The van der Waals surface area contributed by atoms with Gasteiger partial charge in [-0.25, -0.2) is 0 Å². The summed E-state index contributed by atoms with van der Waals surface area (Å²) in [6, 6.07) is 0.0645. The van der Waals surface area contributed by atoms with Crippen LogP contribution in [-0.2, 0) is 9.59 Å². The van der Waals surface area contributed by atoms with Crippen molar-refractivity contribution in [3.8, 4) is 0 Å². The van der Waals surface area contributed by atoms with Gasteiger partial charge in [-0.1, -0.05) is 26.2 Å². The van der Waals surface area contributed by atoms with Crippen LogP contribution in [0.3, 0.4) is 0 Å². The normalized spacial score (nSPS) is 29.3. The molecule has 0 radical (unpaired) electrons. The van der Waals surface area contributed by atoms with Crippen LogP contribution in [0.1, 0.15) is 59.3 Å². The molecule has 4 nitrogen and oxygen atoms in total. The van der Waals surface area contributed by atoms with Crippen molar-refractivity contribution >= 4 is 11.7 Å². The fraction of sp³-hybridized carbons (Fsp3) is 0.733. The van der Waals surface area contributed by atoms with Crippen LogP contribution in [0.25, 0.3) is 0 Å². The summed E-state index contributed by atoms with van der Waals surface area (Å²) in [4.78, 5) is 25.9. The first-order chi connectivity index (χ1) is 8.91. The lowest BCUT2D eigenvalue weighted by atomic mass is 9.92. The minimum atomic E-state index is -1.43. The monoisotopic (exact) mass is 265 g/mol. The van der Waals surface area contributed by atoms with Crippen LogP contribution >= 0.6 is 0 Å². The molecule has 0 aromatic carbocycles. The van der Waals surface area contributed by atoms with Gasteiger partial charge in [0.1, 0.15) is 0 Å². The minimum Gasteiger partial charge on any atom is -0.367 e. The van der Waals surface area contributed by atoms with E-state index in [1.165, 1.54) is 13.3 Å². The third-order valence-corrected chi connectivity index (χ3v) is 4.37. The molecule has 106 valence electrons. The van der Waals surface area contributed by atoms with E-state index in [-0.39, 0.29) is 17.7 Å². The number of carbonyl (C=O) groups excluding carboxylic acids is 2. The first-order valence-electron chi connectivity index (χ1n) is 7.21. The molecule has 1 atom stereocenters. The van der Waals surface area contributed by atoms with E-state index in [2.05, 4.69) is 0 Å². The van der Waals surface area contributed by atoms with Crippen molar-refractivity contribution in [2.24, 2.45) is 0 Å². The second kappa shape index (κ2) is 5.08. The Labute approximate surface area is 114 Å². The smallest absolute Gasteiger partial charge is 0.253 e. The Morgan fingerprint density at radius 1 is 1.37 bits per heavy atom. The van der Waals surface area contributed by atoms with Crippen LogP contribution in [0.5, 0.6) is 0 Å². The maximum atomic E-state index is 12.5. The Kier molecular flexibility index (Phi) is 3.81. The van der Waals surface area contributed by atoms with Gasteiger partial charge in [-0.3, -0.25) is 9.59 Å². The number of nitrogens with zero attached hydrogens (tertiary/aromatic N) is 1. The van der Waals surface area contributed by atoms with Gasteiger partial charge in [-0.05, 0) is 33.1 Å². The average molecular weight is 265 g/mol. The molecule has 0 saturated heterocycles. The highest BCUT2D eigenvalue weighted by atomic mass is 16.3. The highest BCUT2D eigenvalue weighted by Crippen LogP contribution is 2.40. The molecule has 1 N–H and O–H groups in total. The summed E-state index contributed by atoms with van der Waals surface area (Å²) in [5.74, 6) is -0.349. The Bertz CT molecular complexity index is 431. The zero-order valence-corrected chi connectivity index (χ0v) is 12.0. The fourth-order valence-electron chi connectivity index (χ4n) is 3.59. The second-order valence-electron chi connectivity index (χ2n) is 5.75. The topological polar surface area (TPSA) is 57.6 Å². The molecule has 4 heteroatoms. The molecule has 1 saturated carbocycles. The second-order valence-corrected chi connectivity index (χ2v) is 5.75. The SMILES string of the molecule is CCC1=C(C(C)=O)C(C)(O)N(C2CCCCC2)C1=O.